The van der Waals surface area contributed by atoms with Crippen LogP contribution in [0.2, 0.25) is 0 Å². The molecule has 1 spiro atoms. The first-order valence-corrected chi connectivity index (χ1v) is 7.96. The average molecular weight is 301 g/mol. The summed E-state index contributed by atoms with van der Waals surface area (Å²) in [7, 11) is 0. The Balaban J connectivity index is 1.85. The van der Waals surface area contributed by atoms with Gasteiger partial charge in [0.05, 0.1) is 11.0 Å². The summed E-state index contributed by atoms with van der Waals surface area (Å²) in [5.41, 5.74) is 5.87. The molecule has 4 atom stereocenters. The van der Waals surface area contributed by atoms with Gasteiger partial charge in [-0.3, -0.25) is 4.79 Å². The highest BCUT2D eigenvalue weighted by Gasteiger charge is 2.81. The molecule has 2 bridgehead atoms. The lowest BCUT2D eigenvalue weighted by atomic mass is 9.36. The Morgan fingerprint density at radius 3 is 2.91 bits per heavy atom. The second-order valence-corrected chi connectivity index (χ2v) is 7.40. The summed E-state index contributed by atoms with van der Waals surface area (Å²) < 4.78 is 5.92. The van der Waals surface area contributed by atoms with E-state index < -0.39 is 22.5 Å². The Kier molecular flexibility index (Phi) is 2.05. The highest BCUT2D eigenvalue weighted by Crippen LogP contribution is 2.75. The highest BCUT2D eigenvalue weighted by atomic mass is 16.5. The zero-order chi connectivity index (χ0) is 15.3. The largest absolute Gasteiger partial charge is 0.504 e. The number of phenols is 1. The number of phenolic OH excluding ortho intramolecular Hbond substituents is 1. The molecule has 3 aliphatic carbocycles. The Bertz CT molecular complexity index is 732. The van der Waals surface area contributed by atoms with Crippen LogP contribution in [0.5, 0.6) is 11.5 Å². The molecule has 5 rings (SSSR count). The molecule has 5 nitrogen and oxygen atoms in total. The number of aryl methyl sites for hydroxylation is 1. The van der Waals surface area contributed by atoms with Crippen LogP contribution in [0.15, 0.2) is 12.1 Å². The van der Waals surface area contributed by atoms with Crippen LogP contribution < -0.4 is 10.5 Å². The van der Waals surface area contributed by atoms with Crippen LogP contribution in [-0.4, -0.2) is 34.2 Å². The molecule has 1 aromatic carbocycles. The van der Waals surface area contributed by atoms with Crippen molar-refractivity contribution in [1.82, 2.24) is 0 Å². The molecular formula is C17H19NO4. The van der Waals surface area contributed by atoms with Crippen molar-refractivity contribution in [2.45, 2.75) is 49.2 Å². The lowest BCUT2D eigenvalue weighted by Crippen LogP contribution is -2.78. The number of aromatic hydroxyl groups is 1. The number of fused-ring (bicyclic) bond motifs is 2. The summed E-state index contributed by atoms with van der Waals surface area (Å²) in [6.07, 6.45) is 2.34. The maximum Gasteiger partial charge on any atom is 0.174 e. The van der Waals surface area contributed by atoms with Crippen LogP contribution in [0.25, 0.3) is 0 Å². The summed E-state index contributed by atoms with van der Waals surface area (Å²) >= 11 is 0. The van der Waals surface area contributed by atoms with Crippen LogP contribution in [0.3, 0.4) is 0 Å². The zero-order valence-electron chi connectivity index (χ0n) is 12.3. The Morgan fingerprint density at radius 2 is 2.14 bits per heavy atom. The third-order valence-corrected chi connectivity index (χ3v) is 6.87. The smallest absolute Gasteiger partial charge is 0.174 e. The normalized spacial score (nSPS) is 43.9. The maximum atomic E-state index is 12.6. The van der Waals surface area contributed by atoms with E-state index in [1.165, 1.54) is 0 Å². The first-order chi connectivity index (χ1) is 10.5. The van der Waals surface area contributed by atoms with Gasteiger partial charge in [-0.05, 0) is 37.3 Å². The molecule has 2 fully saturated rings. The van der Waals surface area contributed by atoms with Crippen LogP contribution in [-0.2, 0) is 16.6 Å². The van der Waals surface area contributed by atoms with Gasteiger partial charge in [-0.2, -0.15) is 0 Å². The van der Waals surface area contributed by atoms with Crippen LogP contribution in [0.1, 0.15) is 36.8 Å². The number of hydrogen-bond acceptors (Lipinski definition) is 5. The SMILES string of the molecule is NCC12CCC(=O)[C@@H]3Oc4c(O)ccc5c4C3(C1)[C@]2(O)CC5. The van der Waals surface area contributed by atoms with Gasteiger partial charge in [-0.25, -0.2) is 0 Å². The second-order valence-electron chi connectivity index (χ2n) is 7.40. The minimum Gasteiger partial charge on any atom is -0.504 e. The van der Waals surface area contributed by atoms with Crippen molar-refractivity contribution in [3.8, 4) is 11.5 Å². The van der Waals surface area contributed by atoms with E-state index in [1.54, 1.807) is 6.07 Å². The lowest BCUT2D eigenvalue weighted by molar-refractivity contribution is -0.249. The molecule has 1 heterocycles. The molecule has 2 unspecified atom stereocenters. The van der Waals surface area contributed by atoms with Crippen LogP contribution >= 0.6 is 0 Å². The summed E-state index contributed by atoms with van der Waals surface area (Å²) in [5.74, 6) is 0.486. The van der Waals surface area contributed by atoms with E-state index in [4.69, 9.17) is 10.5 Å². The molecule has 0 radical (unpaired) electrons. The van der Waals surface area contributed by atoms with E-state index >= 15 is 0 Å². The number of aliphatic hydroxyl groups is 1. The molecule has 1 aromatic rings. The fourth-order valence-corrected chi connectivity index (χ4v) is 5.85. The van der Waals surface area contributed by atoms with Crippen LogP contribution in [0, 0.1) is 5.41 Å². The topological polar surface area (TPSA) is 92.8 Å². The van der Waals surface area contributed by atoms with Crippen molar-refractivity contribution in [2.24, 2.45) is 11.1 Å². The van der Waals surface area contributed by atoms with E-state index in [-0.39, 0.29) is 11.5 Å². The quantitative estimate of drug-likeness (QED) is 0.713. The summed E-state index contributed by atoms with van der Waals surface area (Å²) in [6, 6.07) is 3.52. The molecule has 0 aromatic heterocycles. The van der Waals surface area contributed by atoms with Crippen molar-refractivity contribution in [3.05, 3.63) is 23.3 Å². The number of benzene rings is 1. The van der Waals surface area contributed by atoms with E-state index in [9.17, 15) is 15.0 Å². The van der Waals surface area contributed by atoms with E-state index in [0.29, 0.717) is 38.0 Å². The molecule has 1 aliphatic heterocycles. The average Bonchev–Trinajstić information content (AvgIpc) is 2.79. The summed E-state index contributed by atoms with van der Waals surface area (Å²) in [5, 5.41) is 21.8. The zero-order valence-corrected chi connectivity index (χ0v) is 12.3. The molecule has 116 valence electrons. The minimum absolute atomic E-state index is 0.0229. The number of carbonyl (C=O) groups is 1. The monoisotopic (exact) mass is 301 g/mol. The molecule has 0 amide bonds. The van der Waals surface area contributed by atoms with Gasteiger partial charge in [0, 0.05) is 23.9 Å². The number of ketones is 1. The first-order valence-electron chi connectivity index (χ1n) is 7.96. The van der Waals surface area contributed by atoms with Crippen LogP contribution in [0.4, 0.5) is 0 Å². The number of ether oxygens (including phenoxy) is 1. The number of carbonyl (C=O) groups excluding carboxylic acids is 1. The van der Waals surface area contributed by atoms with E-state index in [1.807, 2.05) is 6.07 Å². The first kappa shape index (κ1) is 12.9. The molecular weight excluding hydrogens is 282 g/mol. The molecule has 4 aliphatic rings. The fourth-order valence-electron chi connectivity index (χ4n) is 5.85. The van der Waals surface area contributed by atoms with Gasteiger partial charge in [0.2, 0.25) is 0 Å². The lowest BCUT2D eigenvalue weighted by Gasteiger charge is -2.69. The van der Waals surface area contributed by atoms with Crippen molar-refractivity contribution in [3.63, 3.8) is 0 Å². The standard InChI is InChI=1S/C17H19NO4/c18-8-15-5-4-11(20)14-16(7-15)12-9(3-6-17(15,16)21)1-2-10(19)13(12)22-14/h1-2,14,19,21H,3-8,18H2/t14-,15?,16?,17-/m0/s1. The van der Waals surface area contributed by atoms with Gasteiger partial charge >= 0.3 is 0 Å². The predicted octanol–water partition coefficient (Wildman–Crippen LogP) is 0.780. The second kappa shape index (κ2) is 3.49. The van der Waals surface area contributed by atoms with Gasteiger partial charge in [0.15, 0.2) is 23.4 Å². The Morgan fingerprint density at radius 1 is 1.32 bits per heavy atom. The molecule has 5 heteroatoms. The van der Waals surface area contributed by atoms with Gasteiger partial charge in [-0.15, -0.1) is 0 Å². The molecule has 4 N–H and O–H groups in total. The maximum absolute atomic E-state index is 12.6. The van der Waals surface area contributed by atoms with Gasteiger partial charge < -0.3 is 20.7 Å². The number of hydrogen-bond donors (Lipinski definition) is 3. The molecule has 22 heavy (non-hydrogen) atoms. The number of rotatable bonds is 1. The van der Waals surface area contributed by atoms with Gasteiger partial charge in [0.1, 0.15) is 0 Å². The summed E-state index contributed by atoms with van der Waals surface area (Å²) in [4.78, 5) is 12.6. The van der Waals surface area contributed by atoms with E-state index in [0.717, 1.165) is 17.5 Å². The summed E-state index contributed by atoms with van der Waals surface area (Å²) in [6.45, 7) is 0.384. The molecule has 2 saturated carbocycles. The van der Waals surface area contributed by atoms with Crippen molar-refractivity contribution >= 4 is 5.78 Å². The van der Waals surface area contributed by atoms with Gasteiger partial charge in [0.25, 0.3) is 0 Å². The molecule has 0 saturated heterocycles. The highest BCUT2D eigenvalue weighted by molar-refractivity contribution is 5.90. The fraction of sp³-hybridized carbons (Fsp3) is 0.588. The van der Waals surface area contributed by atoms with Crippen molar-refractivity contribution < 1.29 is 19.7 Å². The third-order valence-electron chi connectivity index (χ3n) is 6.87. The Hall–Kier alpha value is -1.59. The predicted molar refractivity (Wildman–Crippen MR) is 77.8 cm³/mol. The third kappa shape index (κ3) is 1.01. The minimum atomic E-state index is -1.00. The number of Topliss-reactive ketones (excluding diaryl/α,β-unsaturated/α-hetero) is 1. The van der Waals surface area contributed by atoms with E-state index in [2.05, 4.69) is 0 Å². The number of nitrogens with two attached hydrogens (primary N) is 1. The Labute approximate surface area is 128 Å². The van der Waals surface area contributed by atoms with Gasteiger partial charge in [-0.1, -0.05) is 6.07 Å². The van der Waals surface area contributed by atoms with Crippen molar-refractivity contribution in [2.75, 3.05) is 6.54 Å². The van der Waals surface area contributed by atoms with Crippen molar-refractivity contribution in [1.29, 1.82) is 0 Å².